The van der Waals surface area contributed by atoms with Crippen LogP contribution in [0.3, 0.4) is 0 Å². The van der Waals surface area contributed by atoms with Gasteiger partial charge in [-0.15, -0.1) is 12.4 Å². The second-order valence-electron chi connectivity index (χ2n) is 2.15. The largest absolute Gasteiger partial charge is 2.00 e. The van der Waals surface area contributed by atoms with E-state index in [1.807, 2.05) is 30.3 Å². The molecular weight excluding hydrogens is 196 g/mol. The molecule has 0 fully saturated rings. The van der Waals surface area contributed by atoms with Crippen molar-refractivity contribution in [2.45, 2.75) is 19.8 Å². The van der Waals surface area contributed by atoms with E-state index in [4.69, 9.17) is 5.11 Å². The molecule has 1 aromatic rings. The monoisotopic (exact) mass is 211 g/mol. The van der Waals surface area contributed by atoms with Gasteiger partial charge in [-0.2, -0.15) is 36.4 Å². The van der Waals surface area contributed by atoms with E-state index in [9.17, 15) is 0 Å². The molecule has 13 heavy (non-hydrogen) atoms. The summed E-state index contributed by atoms with van der Waals surface area (Å²) >= 11 is 0. The molecular formula is C10H16ClMgO+. The van der Waals surface area contributed by atoms with Crippen LogP contribution in [-0.4, -0.2) is 34.8 Å². The maximum absolute atomic E-state index is 8.07. The summed E-state index contributed by atoms with van der Waals surface area (Å²) in [7, 11) is 0. The van der Waals surface area contributed by atoms with Crippen molar-refractivity contribution in [3.8, 4) is 0 Å². The van der Waals surface area contributed by atoms with Crippen LogP contribution in [0.1, 0.15) is 19.8 Å². The molecule has 0 unspecified atom stereocenters. The van der Waals surface area contributed by atoms with E-state index < -0.39 is 0 Å². The fourth-order valence-corrected chi connectivity index (χ4v) is 0.500. The molecule has 1 N–H and O–H groups in total. The molecule has 0 spiro atoms. The number of aliphatic hydroxyl groups is 1. The Balaban J connectivity index is -0.000000136. The van der Waals surface area contributed by atoms with Gasteiger partial charge in [0.1, 0.15) is 0 Å². The van der Waals surface area contributed by atoms with Crippen LogP contribution in [0.5, 0.6) is 0 Å². The Morgan fingerprint density at radius 3 is 1.77 bits per heavy atom. The molecule has 70 valence electrons. The van der Waals surface area contributed by atoms with Gasteiger partial charge in [0.15, 0.2) is 0 Å². The van der Waals surface area contributed by atoms with Crippen LogP contribution >= 0.6 is 12.4 Å². The molecule has 0 amide bonds. The van der Waals surface area contributed by atoms with Gasteiger partial charge < -0.3 is 5.11 Å². The van der Waals surface area contributed by atoms with E-state index >= 15 is 0 Å². The average molecular weight is 212 g/mol. The van der Waals surface area contributed by atoms with E-state index in [1.165, 1.54) is 0 Å². The van der Waals surface area contributed by atoms with E-state index in [0.717, 1.165) is 12.8 Å². The van der Waals surface area contributed by atoms with Crippen LogP contribution in [-0.2, 0) is 0 Å². The molecule has 0 aliphatic carbocycles. The van der Waals surface area contributed by atoms with Crippen molar-refractivity contribution in [1.82, 2.24) is 0 Å². The predicted molar refractivity (Wildman–Crippen MR) is 60.3 cm³/mol. The van der Waals surface area contributed by atoms with Gasteiger partial charge in [-0.25, -0.2) is 0 Å². The van der Waals surface area contributed by atoms with Crippen LogP contribution in [0.2, 0.25) is 0 Å². The van der Waals surface area contributed by atoms with E-state index in [1.54, 1.807) is 0 Å². The van der Waals surface area contributed by atoms with Gasteiger partial charge in [0.2, 0.25) is 0 Å². The van der Waals surface area contributed by atoms with Gasteiger partial charge in [-0.05, 0) is 6.42 Å². The molecule has 0 saturated carbocycles. The molecule has 0 saturated heterocycles. The van der Waals surface area contributed by atoms with Crippen LogP contribution in [0.4, 0.5) is 0 Å². The van der Waals surface area contributed by atoms with Gasteiger partial charge in [0.05, 0.1) is 0 Å². The van der Waals surface area contributed by atoms with Crippen molar-refractivity contribution < 1.29 is 5.11 Å². The Labute approximate surface area is 103 Å². The number of hydrogen-bond acceptors (Lipinski definition) is 1. The molecule has 0 radical (unpaired) electrons. The number of benzene rings is 1. The van der Waals surface area contributed by atoms with Crippen molar-refractivity contribution >= 4 is 35.5 Å². The Kier molecular flexibility index (Phi) is 26.3. The van der Waals surface area contributed by atoms with Crippen LogP contribution in [0, 0.1) is 6.07 Å². The number of unbranched alkanes of at least 4 members (excludes halogenated alkanes) is 1. The molecule has 0 aliphatic rings. The SMILES string of the molecule is CCCCO.Cl.[Mg+2].[c-]1ccccc1. The van der Waals surface area contributed by atoms with Crippen molar-refractivity contribution in [1.29, 1.82) is 0 Å². The summed E-state index contributed by atoms with van der Waals surface area (Å²) in [6.07, 6.45) is 2.04. The molecule has 0 bridgehead atoms. The molecule has 0 atom stereocenters. The second-order valence-corrected chi connectivity index (χ2v) is 2.15. The molecule has 0 aromatic heterocycles. The van der Waals surface area contributed by atoms with Crippen molar-refractivity contribution in [3.05, 3.63) is 36.4 Å². The Morgan fingerprint density at radius 2 is 1.69 bits per heavy atom. The zero-order chi connectivity index (χ0) is 8.36. The summed E-state index contributed by atoms with van der Waals surface area (Å²) in [6.45, 7) is 2.40. The summed E-state index contributed by atoms with van der Waals surface area (Å²) in [6, 6.07) is 12.5. The zero-order valence-corrected chi connectivity index (χ0v) is 10.3. The third-order valence-electron chi connectivity index (χ3n) is 1.12. The van der Waals surface area contributed by atoms with E-state index in [2.05, 4.69) is 13.0 Å². The van der Waals surface area contributed by atoms with E-state index in [0.29, 0.717) is 6.61 Å². The van der Waals surface area contributed by atoms with Crippen LogP contribution in [0.25, 0.3) is 0 Å². The first kappa shape index (κ1) is 18.9. The molecule has 1 nitrogen and oxygen atoms in total. The first-order valence-corrected chi connectivity index (χ1v) is 3.93. The third-order valence-corrected chi connectivity index (χ3v) is 1.12. The first-order chi connectivity index (χ1) is 5.41. The first-order valence-electron chi connectivity index (χ1n) is 3.93. The molecule has 1 aromatic carbocycles. The zero-order valence-electron chi connectivity index (χ0n) is 8.07. The maximum Gasteiger partial charge on any atom is 2.00 e. The minimum absolute atomic E-state index is 0. The Hall–Kier alpha value is 0.236. The maximum atomic E-state index is 8.07. The number of halogens is 1. The van der Waals surface area contributed by atoms with Gasteiger partial charge in [-0.3, -0.25) is 0 Å². The van der Waals surface area contributed by atoms with Crippen LogP contribution in [0.15, 0.2) is 30.3 Å². The summed E-state index contributed by atoms with van der Waals surface area (Å²) in [4.78, 5) is 0. The van der Waals surface area contributed by atoms with Crippen molar-refractivity contribution in [3.63, 3.8) is 0 Å². The minimum atomic E-state index is 0. The minimum Gasteiger partial charge on any atom is -0.396 e. The van der Waals surface area contributed by atoms with E-state index in [-0.39, 0.29) is 35.5 Å². The molecule has 3 heteroatoms. The van der Waals surface area contributed by atoms with Crippen molar-refractivity contribution in [2.75, 3.05) is 6.61 Å². The van der Waals surface area contributed by atoms with Gasteiger partial charge in [0.25, 0.3) is 0 Å². The third kappa shape index (κ3) is 18.9. The summed E-state index contributed by atoms with van der Waals surface area (Å²) in [5, 5.41) is 8.07. The standard InChI is InChI=1S/C6H5.C4H10O.ClH.Mg/c1-2-4-6-5-3-1;1-2-3-4-5;;/h1-5H;5H,2-4H2,1H3;1H;/q-1;;;+2. The van der Waals surface area contributed by atoms with Gasteiger partial charge >= 0.3 is 23.1 Å². The van der Waals surface area contributed by atoms with Crippen molar-refractivity contribution in [2.24, 2.45) is 0 Å². The normalized spacial score (nSPS) is 6.92. The number of aliphatic hydroxyl groups excluding tert-OH is 1. The second kappa shape index (κ2) is 18.1. The summed E-state index contributed by atoms with van der Waals surface area (Å²) in [5.41, 5.74) is 0. The quantitative estimate of drug-likeness (QED) is 0.589. The molecule has 0 heterocycles. The smallest absolute Gasteiger partial charge is 0.396 e. The topological polar surface area (TPSA) is 20.2 Å². The Morgan fingerprint density at radius 1 is 1.15 bits per heavy atom. The van der Waals surface area contributed by atoms with Crippen LogP contribution < -0.4 is 0 Å². The molecule has 0 aliphatic heterocycles. The van der Waals surface area contributed by atoms with Gasteiger partial charge in [0, 0.05) is 6.61 Å². The van der Waals surface area contributed by atoms with Gasteiger partial charge in [-0.1, -0.05) is 13.3 Å². The number of rotatable bonds is 2. The fraction of sp³-hybridized carbons (Fsp3) is 0.400. The summed E-state index contributed by atoms with van der Waals surface area (Å²) < 4.78 is 0. The average Bonchev–Trinajstić information content (AvgIpc) is 2.10. The fourth-order valence-electron chi connectivity index (χ4n) is 0.500. The Bertz CT molecular complexity index is 118. The molecule has 1 rings (SSSR count). The summed E-state index contributed by atoms with van der Waals surface area (Å²) in [5.74, 6) is 0. The predicted octanol–water partition coefficient (Wildman–Crippen LogP) is 2.31. The number of hydrogen-bond donors (Lipinski definition) is 1.